The second-order valence-electron chi connectivity index (χ2n) is 7.30. The molecule has 2 aromatic heterocycles. The third-order valence-corrected chi connectivity index (χ3v) is 5.21. The number of rotatable bonds is 7. The van der Waals surface area contributed by atoms with Crippen molar-refractivity contribution in [3.8, 4) is 11.6 Å². The van der Waals surface area contributed by atoms with Crippen LogP contribution >= 0.6 is 0 Å². The molecule has 6 nitrogen and oxygen atoms in total. The van der Waals surface area contributed by atoms with Crippen LogP contribution in [0.3, 0.4) is 0 Å². The smallest absolute Gasteiger partial charge is 0.213 e. The predicted molar refractivity (Wildman–Crippen MR) is 114 cm³/mol. The zero-order valence-electron chi connectivity index (χ0n) is 17.2. The first-order chi connectivity index (χ1) is 14.6. The maximum atomic E-state index is 14.0. The number of nitrogens with zero attached hydrogens (tertiary/aromatic N) is 4. The van der Waals surface area contributed by atoms with Gasteiger partial charge in [0.25, 0.3) is 0 Å². The second kappa shape index (κ2) is 9.09. The summed E-state index contributed by atoms with van der Waals surface area (Å²) < 4.78 is 25.1. The van der Waals surface area contributed by atoms with Crippen LogP contribution in [0.2, 0.25) is 0 Å². The van der Waals surface area contributed by atoms with Gasteiger partial charge in [-0.2, -0.15) is 0 Å². The van der Waals surface area contributed by atoms with E-state index in [1.54, 1.807) is 25.6 Å². The summed E-state index contributed by atoms with van der Waals surface area (Å²) in [5.74, 6) is 1.82. The number of hydrogen-bond acceptors (Lipinski definition) is 6. The number of methoxy groups -OCH3 is 1. The van der Waals surface area contributed by atoms with Crippen molar-refractivity contribution in [3.63, 3.8) is 0 Å². The zero-order chi connectivity index (χ0) is 20.9. The fraction of sp³-hybridized carbons (Fsp3) is 0.304. The molecule has 1 aliphatic heterocycles. The highest BCUT2D eigenvalue weighted by Gasteiger charge is 2.23. The molecule has 7 heteroatoms. The maximum absolute atomic E-state index is 14.0. The monoisotopic (exact) mass is 408 g/mol. The first kappa shape index (κ1) is 20.1. The number of fused-ring (bicyclic) bond motifs is 2. The van der Waals surface area contributed by atoms with Crippen LogP contribution in [0.15, 0.2) is 54.9 Å². The number of anilines is 2. The van der Waals surface area contributed by atoms with Gasteiger partial charge in [-0.1, -0.05) is 6.07 Å². The van der Waals surface area contributed by atoms with Gasteiger partial charge in [-0.05, 0) is 43.3 Å². The molecule has 0 spiro atoms. The van der Waals surface area contributed by atoms with Gasteiger partial charge < -0.3 is 19.3 Å². The molecule has 3 heterocycles. The number of pyridine rings is 2. The number of likely N-dealkylation sites (N-methyl/N-ethyl adjacent to an activating group) is 1. The van der Waals surface area contributed by atoms with Crippen molar-refractivity contribution in [3.05, 3.63) is 71.8 Å². The van der Waals surface area contributed by atoms with E-state index in [9.17, 15) is 4.39 Å². The Morgan fingerprint density at radius 1 is 1.13 bits per heavy atom. The van der Waals surface area contributed by atoms with Gasteiger partial charge in [0.15, 0.2) is 0 Å². The Morgan fingerprint density at radius 3 is 2.90 bits per heavy atom. The van der Waals surface area contributed by atoms with E-state index in [-0.39, 0.29) is 5.82 Å². The number of benzene rings is 1. The van der Waals surface area contributed by atoms with E-state index in [1.807, 2.05) is 29.2 Å². The number of aromatic nitrogens is 2. The summed E-state index contributed by atoms with van der Waals surface area (Å²) in [5, 5.41) is 0. The van der Waals surface area contributed by atoms with Crippen LogP contribution < -0.4 is 14.4 Å². The third kappa shape index (κ3) is 4.52. The van der Waals surface area contributed by atoms with Crippen LogP contribution in [0.4, 0.5) is 15.9 Å². The molecule has 0 saturated heterocycles. The highest BCUT2D eigenvalue weighted by molar-refractivity contribution is 5.70. The molecule has 1 aromatic carbocycles. The average molecular weight is 408 g/mol. The minimum atomic E-state index is -0.290. The van der Waals surface area contributed by atoms with Crippen LogP contribution in [-0.4, -0.2) is 48.7 Å². The van der Waals surface area contributed by atoms with Crippen molar-refractivity contribution < 1.29 is 13.9 Å². The minimum absolute atomic E-state index is 0.290. The summed E-state index contributed by atoms with van der Waals surface area (Å²) in [4.78, 5) is 13.0. The highest BCUT2D eigenvalue weighted by atomic mass is 19.1. The summed E-state index contributed by atoms with van der Waals surface area (Å²) in [5.41, 5.74) is 2.87. The Labute approximate surface area is 175 Å². The standard InChI is InChI=1S/C23H25FN4O2/c1-27(11-8-17-7-10-25-22(14-17)29-2)12-13-28-20-15-19(24)5-6-21(20)30-16-18-4-3-9-26-23(18)28/h3-7,9-10,14-15H,8,11-13,16H2,1-2H3. The highest BCUT2D eigenvalue weighted by Crippen LogP contribution is 2.38. The van der Waals surface area contributed by atoms with Crippen molar-refractivity contribution in [1.29, 1.82) is 0 Å². The molecule has 156 valence electrons. The maximum Gasteiger partial charge on any atom is 0.213 e. The van der Waals surface area contributed by atoms with Crippen molar-refractivity contribution in [2.45, 2.75) is 13.0 Å². The molecule has 0 aliphatic carbocycles. The van der Waals surface area contributed by atoms with E-state index in [4.69, 9.17) is 9.47 Å². The second-order valence-corrected chi connectivity index (χ2v) is 7.30. The van der Waals surface area contributed by atoms with Crippen LogP contribution in [-0.2, 0) is 13.0 Å². The van der Waals surface area contributed by atoms with Crippen LogP contribution in [0.25, 0.3) is 0 Å². The van der Waals surface area contributed by atoms with E-state index in [0.29, 0.717) is 30.5 Å². The van der Waals surface area contributed by atoms with Gasteiger partial charge in [0.05, 0.1) is 12.8 Å². The topological polar surface area (TPSA) is 50.7 Å². The first-order valence-electron chi connectivity index (χ1n) is 9.95. The first-order valence-corrected chi connectivity index (χ1v) is 9.95. The Bertz CT molecular complexity index is 1010. The van der Waals surface area contributed by atoms with Crippen molar-refractivity contribution in [1.82, 2.24) is 14.9 Å². The molecule has 0 N–H and O–H groups in total. The summed E-state index contributed by atoms with van der Waals surface area (Å²) in [6.45, 7) is 2.74. The van der Waals surface area contributed by atoms with Crippen molar-refractivity contribution in [2.75, 3.05) is 38.7 Å². The lowest BCUT2D eigenvalue weighted by molar-refractivity contribution is 0.310. The normalized spacial score (nSPS) is 12.7. The fourth-order valence-corrected chi connectivity index (χ4v) is 3.53. The largest absolute Gasteiger partial charge is 0.487 e. The van der Waals surface area contributed by atoms with Crippen LogP contribution in [0.5, 0.6) is 11.6 Å². The summed E-state index contributed by atoms with van der Waals surface area (Å²) >= 11 is 0. The molecule has 1 aliphatic rings. The number of halogens is 1. The molecule has 0 fully saturated rings. The average Bonchev–Trinajstić information content (AvgIpc) is 2.93. The van der Waals surface area contributed by atoms with E-state index in [0.717, 1.165) is 30.9 Å². The van der Waals surface area contributed by atoms with Crippen LogP contribution in [0, 0.1) is 5.82 Å². The zero-order valence-corrected chi connectivity index (χ0v) is 17.2. The van der Waals surface area contributed by atoms with E-state index < -0.39 is 0 Å². The van der Waals surface area contributed by atoms with Gasteiger partial charge in [-0.25, -0.2) is 14.4 Å². The Balaban J connectivity index is 1.47. The SMILES string of the molecule is COc1cc(CCN(C)CCN2c3cc(F)ccc3OCc3cccnc32)ccn1. The molecule has 0 unspecified atom stereocenters. The number of ether oxygens (including phenoxy) is 2. The van der Waals surface area contributed by atoms with E-state index in [2.05, 4.69) is 21.9 Å². The lowest BCUT2D eigenvalue weighted by atomic mass is 10.2. The molecule has 4 rings (SSSR count). The molecule has 0 amide bonds. The van der Waals surface area contributed by atoms with Gasteiger partial charge in [-0.15, -0.1) is 0 Å². The Morgan fingerprint density at radius 2 is 2.03 bits per heavy atom. The predicted octanol–water partition coefficient (Wildman–Crippen LogP) is 3.83. The Hall–Kier alpha value is -3.19. The van der Waals surface area contributed by atoms with Crippen molar-refractivity contribution >= 4 is 11.5 Å². The molecule has 30 heavy (non-hydrogen) atoms. The summed E-state index contributed by atoms with van der Waals surface area (Å²) in [6, 6.07) is 12.5. The van der Waals surface area contributed by atoms with E-state index >= 15 is 0 Å². The van der Waals surface area contributed by atoms with Gasteiger partial charge in [0.1, 0.15) is 24.0 Å². The molecule has 0 bridgehead atoms. The van der Waals surface area contributed by atoms with E-state index in [1.165, 1.54) is 17.7 Å². The molecule has 0 saturated carbocycles. The third-order valence-electron chi connectivity index (χ3n) is 5.21. The molecule has 0 radical (unpaired) electrons. The molecular weight excluding hydrogens is 383 g/mol. The van der Waals surface area contributed by atoms with Gasteiger partial charge >= 0.3 is 0 Å². The van der Waals surface area contributed by atoms with Gasteiger partial charge in [0.2, 0.25) is 5.88 Å². The quantitative estimate of drug-likeness (QED) is 0.592. The molecular formula is C23H25FN4O2. The number of hydrogen-bond donors (Lipinski definition) is 0. The summed E-state index contributed by atoms with van der Waals surface area (Å²) in [7, 11) is 3.70. The molecule has 3 aromatic rings. The molecule has 0 atom stereocenters. The van der Waals surface area contributed by atoms with Gasteiger partial charge in [0, 0.05) is 49.7 Å². The fourth-order valence-electron chi connectivity index (χ4n) is 3.53. The lowest BCUT2D eigenvalue weighted by Gasteiger charge is -2.27. The van der Waals surface area contributed by atoms with Crippen molar-refractivity contribution in [2.24, 2.45) is 0 Å². The Kier molecular flexibility index (Phi) is 6.09. The minimum Gasteiger partial charge on any atom is -0.487 e. The van der Waals surface area contributed by atoms with Gasteiger partial charge in [-0.3, -0.25) is 0 Å². The van der Waals surface area contributed by atoms with Crippen LogP contribution in [0.1, 0.15) is 11.1 Å². The lowest BCUT2D eigenvalue weighted by Crippen LogP contribution is -2.32. The summed E-state index contributed by atoms with van der Waals surface area (Å²) in [6.07, 6.45) is 4.41.